The van der Waals surface area contributed by atoms with Crippen LogP contribution in [0.3, 0.4) is 0 Å². The van der Waals surface area contributed by atoms with Crippen LogP contribution in [-0.4, -0.2) is 25.1 Å². The second-order valence-corrected chi connectivity index (χ2v) is 1.83. The first kappa shape index (κ1) is 8.19. The van der Waals surface area contributed by atoms with Crippen LogP contribution in [0.1, 0.15) is 0 Å². The Morgan fingerprint density at radius 1 is 1.00 bits per heavy atom. The molecule has 62 valence electrons. The number of hydrogen-bond donors (Lipinski definition) is 1. The molecule has 0 saturated carbocycles. The summed E-state index contributed by atoms with van der Waals surface area (Å²) >= 11 is 0. The molecule has 0 bridgehead atoms. The fraction of sp³-hybridized carbons (Fsp3) is 0. The number of rotatable bonds is 0. The normalized spacial score (nSPS) is 8.33. The molecule has 12 heavy (non-hydrogen) atoms. The summed E-state index contributed by atoms with van der Waals surface area (Å²) in [5, 5.41) is 11.7. The van der Waals surface area contributed by atoms with Gasteiger partial charge in [0.05, 0.1) is 12.4 Å². The van der Waals surface area contributed by atoms with Crippen LogP contribution >= 0.6 is 0 Å². The van der Waals surface area contributed by atoms with Gasteiger partial charge in [0, 0.05) is 12.4 Å². The first-order valence-electron chi connectivity index (χ1n) is 3.28. The zero-order chi connectivity index (χ0) is 8.65. The van der Waals surface area contributed by atoms with Crippen molar-refractivity contribution < 1.29 is 5.21 Å². The van der Waals surface area contributed by atoms with Gasteiger partial charge >= 0.3 is 0 Å². The maximum atomic E-state index is 8.28. The molecule has 1 N–H and O–H groups in total. The molecule has 5 nitrogen and oxygen atoms in total. The Morgan fingerprint density at radius 3 is 1.92 bits per heavy atom. The molecule has 0 aromatic carbocycles. The van der Waals surface area contributed by atoms with Crippen molar-refractivity contribution in [2.75, 3.05) is 0 Å². The predicted molar refractivity (Wildman–Crippen MR) is 41.4 cm³/mol. The molecule has 0 fully saturated rings. The molecule has 0 saturated heterocycles. The third-order valence-electron chi connectivity index (χ3n) is 0.968. The maximum absolute atomic E-state index is 8.28. The molecule has 0 amide bonds. The van der Waals surface area contributed by atoms with Gasteiger partial charge in [-0.15, -0.1) is 9.94 Å². The molecular weight excluding hydrogens is 156 g/mol. The van der Waals surface area contributed by atoms with Crippen LogP contribution in [0.15, 0.2) is 43.2 Å². The first-order chi connectivity index (χ1) is 5.89. The van der Waals surface area contributed by atoms with Crippen molar-refractivity contribution in [3.63, 3.8) is 0 Å². The standard InChI is InChI=1S/C4H4N2.C3H4N2O/c1-2-5-4-6-3-1;6-5-3-1-2-4-5/h1-4H;1-3,6H. The van der Waals surface area contributed by atoms with Crippen LogP contribution in [0.25, 0.3) is 0 Å². The van der Waals surface area contributed by atoms with E-state index in [4.69, 9.17) is 5.21 Å². The van der Waals surface area contributed by atoms with Crippen LogP contribution < -0.4 is 0 Å². The molecule has 0 unspecified atom stereocenters. The maximum Gasteiger partial charge on any atom is 0.115 e. The zero-order valence-corrected chi connectivity index (χ0v) is 6.28. The fourth-order valence-electron chi connectivity index (χ4n) is 0.514. The van der Waals surface area contributed by atoms with Gasteiger partial charge < -0.3 is 5.21 Å². The van der Waals surface area contributed by atoms with E-state index in [0.29, 0.717) is 0 Å². The Morgan fingerprint density at radius 2 is 1.75 bits per heavy atom. The Labute approximate surface area is 69.3 Å². The highest BCUT2D eigenvalue weighted by Gasteiger charge is 1.71. The lowest BCUT2D eigenvalue weighted by Crippen LogP contribution is -1.86. The number of nitrogens with zero attached hydrogens (tertiary/aromatic N) is 4. The minimum atomic E-state index is 0.750. The van der Waals surface area contributed by atoms with Gasteiger partial charge in [-0.1, -0.05) is 0 Å². The second-order valence-electron chi connectivity index (χ2n) is 1.83. The SMILES string of the molecule is On1cccn1.c1cncnc1. The van der Waals surface area contributed by atoms with Gasteiger partial charge in [-0.2, -0.15) is 0 Å². The van der Waals surface area contributed by atoms with Crippen LogP contribution in [-0.2, 0) is 0 Å². The minimum absolute atomic E-state index is 0.750. The summed E-state index contributed by atoms with van der Waals surface area (Å²) in [5.41, 5.74) is 0. The molecule has 0 aliphatic rings. The molecule has 2 heterocycles. The van der Waals surface area contributed by atoms with Crippen LogP contribution in [0.5, 0.6) is 0 Å². The third-order valence-corrected chi connectivity index (χ3v) is 0.968. The molecule has 2 aromatic rings. The molecule has 2 rings (SSSR count). The molecule has 5 heteroatoms. The number of hydrogen-bond acceptors (Lipinski definition) is 4. The lowest BCUT2D eigenvalue weighted by atomic mass is 10.7. The Balaban J connectivity index is 0.000000120. The van der Waals surface area contributed by atoms with Gasteiger partial charge in [-0.25, -0.2) is 9.97 Å². The number of aromatic nitrogens is 4. The lowest BCUT2D eigenvalue weighted by molar-refractivity contribution is 0.149. The summed E-state index contributed by atoms with van der Waals surface area (Å²) in [6.07, 6.45) is 7.82. The molecular formula is C7H8N4O. The molecule has 0 aliphatic heterocycles. The lowest BCUT2D eigenvalue weighted by Gasteiger charge is -1.76. The van der Waals surface area contributed by atoms with Crippen molar-refractivity contribution in [3.8, 4) is 0 Å². The van der Waals surface area contributed by atoms with Crippen molar-refractivity contribution >= 4 is 0 Å². The smallest absolute Gasteiger partial charge is 0.115 e. The van der Waals surface area contributed by atoms with Gasteiger partial charge in [0.25, 0.3) is 0 Å². The molecule has 0 spiro atoms. The summed E-state index contributed by atoms with van der Waals surface area (Å²) < 4.78 is 0. The van der Waals surface area contributed by atoms with Crippen molar-refractivity contribution in [2.24, 2.45) is 0 Å². The third kappa shape index (κ3) is 3.31. The van der Waals surface area contributed by atoms with E-state index in [1.54, 1.807) is 24.5 Å². The van der Waals surface area contributed by atoms with Crippen molar-refractivity contribution in [1.82, 2.24) is 19.9 Å². The van der Waals surface area contributed by atoms with Crippen molar-refractivity contribution in [1.29, 1.82) is 0 Å². The van der Waals surface area contributed by atoms with Gasteiger partial charge in [0.2, 0.25) is 0 Å². The van der Waals surface area contributed by atoms with E-state index in [9.17, 15) is 0 Å². The Kier molecular flexibility index (Phi) is 3.30. The zero-order valence-electron chi connectivity index (χ0n) is 6.28. The summed E-state index contributed by atoms with van der Waals surface area (Å²) in [7, 11) is 0. The summed E-state index contributed by atoms with van der Waals surface area (Å²) in [4.78, 5) is 8.10. The summed E-state index contributed by atoms with van der Waals surface area (Å²) in [6.45, 7) is 0. The molecule has 0 aliphatic carbocycles. The van der Waals surface area contributed by atoms with Crippen molar-refractivity contribution in [3.05, 3.63) is 43.2 Å². The summed E-state index contributed by atoms with van der Waals surface area (Å²) in [5.74, 6) is 0. The van der Waals surface area contributed by atoms with Gasteiger partial charge in [-0.3, -0.25) is 0 Å². The van der Waals surface area contributed by atoms with Gasteiger partial charge in [-0.05, 0) is 12.1 Å². The van der Waals surface area contributed by atoms with E-state index in [-0.39, 0.29) is 0 Å². The quantitative estimate of drug-likeness (QED) is 0.579. The highest BCUT2D eigenvalue weighted by Crippen LogP contribution is 1.72. The molecule has 2 aromatic heterocycles. The molecule has 0 atom stereocenters. The van der Waals surface area contributed by atoms with E-state index >= 15 is 0 Å². The highest BCUT2D eigenvalue weighted by atomic mass is 16.5. The van der Waals surface area contributed by atoms with Gasteiger partial charge in [0.15, 0.2) is 0 Å². The van der Waals surface area contributed by atoms with E-state index in [1.165, 1.54) is 18.7 Å². The average molecular weight is 164 g/mol. The summed E-state index contributed by atoms with van der Waals surface area (Å²) in [6, 6.07) is 3.42. The monoisotopic (exact) mass is 164 g/mol. The largest absolute Gasteiger partial charge is 0.412 e. The topological polar surface area (TPSA) is 63.8 Å². The fourth-order valence-corrected chi connectivity index (χ4v) is 0.514. The minimum Gasteiger partial charge on any atom is -0.412 e. The van der Waals surface area contributed by atoms with Crippen LogP contribution in [0, 0.1) is 0 Å². The first-order valence-corrected chi connectivity index (χ1v) is 3.28. The Hall–Kier alpha value is -1.91. The van der Waals surface area contributed by atoms with E-state index < -0.39 is 0 Å². The van der Waals surface area contributed by atoms with E-state index in [2.05, 4.69) is 15.1 Å². The van der Waals surface area contributed by atoms with E-state index in [0.717, 1.165) is 4.85 Å². The van der Waals surface area contributed by atoms with Crippen LogP contribution in [0.4, 0.5) is 0 Å². The van der Waals surface area contributed by atoms with Crippen molar-refractivity contribution in [2.45, 2.75) is 0 Å². The van der Waals surface area contributed by atoms with E-state index in [1.807, 2.05) is 0 Å². The van der Waals surface area contributed by atoms with Gasteiger partial charge in [0.1, 0.15) is 6.33 Å². The highest BCUT2D eigenvalue weighted by molar-refractivity contribution is 4.74. The second kappa shape index (κ2) is 4.84. The average Bonchev–Trinajstić information content (AvgIpc) is 2.60. The van der Waals surface area contributed by atoms with Crippen LogP contribution in [0.2, 0.25) is 0 Å². The molecule has 0 radical (unpaired) electrons. The predicted octanol–water partition coefficient (Wildman–Crippen LogP) is 0.597. The Bertz CT molecular complexity index is 255.